The lowest BCUT2D eigenvalue weighted by Gasteiger charge is -2.31. The predicted octanol–water partition coefficient (Wildman–Crippen LogP) is 3.95. The van der Waals surface area contributed by atoms with Gasteiger partial charge in [-0.3, -0.25) is 24.3 Å². The Morgan fingerprint density at radius 3 is 2.64 bits per heavy atom. The highest BCUT2D eigenvalue weighted by Crippen LogP contribution is 2.33. The molecule has 0 atom stereocenters. The van der Waals surface area contributed by atoms with E-state index in [-0.39, 0.29) is 47.5 Å². The molecule has 2 amide bonds. The van der Waals surface area contributed by atoms with Crippen LogP contribution in [0.4, 0.5) is 19.0 Å². The number of nitrogens with two attached hydrogens (primary N) is 1. The summed E-state index contributed by atoms with van der Waals surface area (Å²) in [5, 5.41) is 7.93. The van der Waals surface area contributed by atoms with Crippen molar-refractivity contribution in [2.45, 2.75) is 25.6 Å². The molecule has 4 heterocycles. The number of aryl methyl sites for hydroxylation is 1. The summed E-state index contributed by atoms with van der Waals surface area (Å²) < 4.78 is 40.5. The molecule has 1 aliphatic heterocycles. The van der Waals surface area contributed by atoms with Crippen molar-refractivity contribution in [2.75, 3.05) is 12.3 Å². The number of alkyl halides is 3. The number of rotatable bonds is 4. The third kappa shape index (κ3) is 4.06. The first kappa shape index (κ1) is 23.8. The molecule has 0 radical (unpaired) electrons. The molecule has 3 aromatic heterocycles. The molecule has 1 fully saturated rings. The maximum absolute atomic E-state index is 13.8. The van der Waals surface area contributed by atoms with Crippen molar-refractivity contribution in [3.05, 3.63) is 58.5 Å². The zero-order valence-electron chi connectivity index (χ0n) is 18.9. The molecule has 0 bridgehead atoms. The summed E-state index contributed by atoms with van der Waals surface area (Å²) in [7, 11) is 1.72. The second-order valence-electron chi connectivity index (χ2n) is 8.40. The van der Waals surface area contributed by atoms with Gasteiger partial charge in [0.05, 0.1) is 51.0 Å². The van der Waals surface area contributed by atoms with Crippen LogP contribution in [-0.2, 0) is 24.6 Å². The van der Waals surface area contributed by atoms with Crippen LogP contribution in [-0.4, -0.2) is 48.1 Å². The summed E-state index contributed by atoms with van der Waals surface area (Å²) in [6.07, 6.45) is -1.50. The monoisotopic (exact) mass is 517 g/mol. The minimum absolute atomic E-state index is 0.0814. The van der Waals surface area contributed by atoms with Crippen molar-refractivity contribution in [1.29, 1.82) is 0 Å². The van der Waals surface area contributed by atoms with Crippen LogP contribution in [0.15, 0.2) is 36.7 Å². The molecule has 1 aromatic carbocycles. The molecule has 5 rings (SSSR count). The summed E-state index contributed by atoms with van der Waals surface area (Å²) in [6, 6.07) is 5.13. The number of fused-ring (bicyclic) bond motifs is 3. The standard InChI is InChI=1S/C23H19ClF3N7O2/c1-32-20-15-7-14(17(24)8-18(15)31-21(28)16(20)10-30-32)22(36)34(33-6-2-3-19(33)35)11-13-5-4-12(9-29-13)23(25,26)27/h4-5,7-10H,2-3,6,11H2,1H3,(H2,28,31). The zero-order chi connectivity index (χ0) is 25.8. The number of benzene rings is 1. The zero-order valence-corrected chi connectivity index (χ0v) is 19.6. The summed E-state index contributed by atoms with van der Waals surface area (Å²) >= 11 is 6.48. The number of halogens is 4. The highest BCUT2D eigenvalue weighted by Gasteiger charge is 2.33. The van der Waals surface area contributed by atoms with Crippen LogP contribution in [0, 0.1) is 0 Å². The topological polar surface area (TPSA) is 110 Å². The van der Waals surface area contributed by atoms with Crippen LogP contribution in [0.5, 0.6) is 0 Å². The molecule has 0 spiro atoms. The van der Waals surface area contributed by atoms with Gasteiger partial charge in [0.2, 0.25) is 5.91 Å². The molecule has 0 unspecified atom stereocenters. The van der Waals surface area contributed by atoms with Crippen LogP contribution in [0.3, 0.4) is 0 Å². The quantitative estimate of drug-likeness (QED) is 0.439. The number of pyridine rings is 2. The SMILES string of the molecule is Cn1ncc2c(N)nc3cc(Cl)c(C(=O)N(Cc4ccc(C(F)(F)F)cn4)N4CCCC4=O)cc3c21. The van der Waals surface area contributed by atoms with Gasteiger partial charge >= 0.3 is 6.18 Å². The number of anilines is 1. The van der Waals surface area contributed by atoms with Crippen molar-refractivity contribution in [3.63, 3.8) is 0 Å². The molecular formula is C23H19ClF3N7O2. The van der Waals surface area contributed by atoms with Crippen LogP contribution in [0.1, 0.15) is 34.5 Å². The predicted molar refractivity (Wildman–Crippen MR) is 125 cm³/mol. The van der Waals surface area contributed by atoms with Gasteiger partial charge in [-0.05, 0) is 30.7 Å². The van der Waals surface area contributed by atoms with Crippen LogP contribution >= 0.6 is 11.6 Å². The van der Waals surface area contributed by atoms with Gasteiger partial charge in [-0.15, -0.1) is 0 Å². The third-order valence-electron chi connectivity index (χ3n) is 6.06. The molecule has 9 nitrogen and oxygen atoms in total. The van der Waals surface area contributed by atoms with Crippen LogP contribution < -0.4 is 5.73 Å². The summed E-state index contributed by atoms with van der Waals surface area (Å²) in [5.74, 6) is -0.625. The van der Waals surface area contributed by atoms with E-state index in [2.05, 4.69) is 15.1 Å². The Morgan fingerprint density at radius 1 is 1.22 bits per heavy atom. The Bertz CT molecular complexity index is 1520. The smallest absolute Gasteiger partial charge is 0.383 e. The Kier molecular flexibility index (Phi) is 5.70. The number of amides is 2. The second-order valence-corrected chi connectivity index (χ2v) is 8.80. The van der Waals surface area contributed by atoms with Crippen molar-refractivity contribution in [3.8, 4) is 0 Å². The van der Waals surface area contributed by atoms with E-state index in [1.165, 1.54) is 22.2 Å². The minimum Gasteiger partial charge on any atom is -0.383 e. The van der Waals surface area contributed by atoms with Crippen molar-refractivity contribution < 1.29 is 22.8 Å². The van der Waals surface area contributed by atoms with Gasteiger partial charge in [-0.25, -0.2) is 9.99 Å². The highest BCUT2D eigenvalue weighted by molar-refractivity contribution is 6.35. The summed E-state index contributed by atoms with van der Waals surface area (Å²) in [6.45, 7) is 0.0542. The van der Waals surface area contributed by atoms with Gasteiger partial charge in [0, 0.05) is 31.6 Å². The van der Waals surface area contributed by atoms with Crippen LogP contribution in [0.25, 0.3) is 21.8 Å². The molecule has 186 valence electrons. The number of carbonyl (C=O) groups is 2. The Labute approximate surface area is 207 Å². The maximum Gasteiger partial charge on any atom is 0.417 e. The lowest BCUT2D eigenvalue weighted by Crippen LogP contribution is -2.47. The van der Waals surface area contributed by atoms with Gasteiger partial charge in [0.15, 0.2) is 0 Å². The Hall–Kier alpha value is -3.93. The lowest BCUT2D eigenvalue weighted by atomic mass is 10.1. The van der Waals surface area contributed by atoms with E-state index in [9.17, 15) is 22.8 Å². The van der Waals surface area contributed by atoms with Crippen LogP contribution in [0.2, 0.25) is 5.02 Å². The minimum atomic E-state index is -4.54. The third-order valence-corrected chi connectivity index (χ3v) is 6.38. The number of hydrogen-bond donors (Lipinski definition) is 1. The molecule has 0 aliphatic carbocycles. The number of nitrogen functional groups attached to an aromatic ring is 1. The second kappa shape index (κ2) is 8.63. The molecule has 13 heteroatoms. The van der Waals surface area contributed by atoms with Gasteiger partial charge in [0.25, 0.3) is 5.91 Å². The highest BCUT2D eigenvalue weighted by atomic mass is 35.5. The largest absolute Gasteiger partial charge is 0.417 e. The van der Waals surface area contributed by atoms with Crippen molar-refractivity contribution >= 4 is 51.0 Å². The van der Waals surface area contributed by atoms with Gasteiger partial charge in [0.1, 0.15) is 5.82 Å². The van der Waals surface area contributed by atoms with E-state index in [1.807, 2.05) is 0 Å². The van der Waals surface area contributed by atoms with E-state index < -0.39 is 17.6 Å². The van der Waals surface area contributed by atoms with Crippen molar-refractivity contribution in [1.82, 2.24) is 29.8 Å². The molecule has 1 aliphatic rings. The molecule has 1 saturated heterocycles. The van der Waals surface area contributed by atoms with E-state index in [0.29, 0.717) is 34.4 Å². The fraction of sp³-hybridized carbons (Fsp3) is 0.261. The fourth-order valence-corrected chi connectivity index (χ4v) is 4.52. The molecule has 4 aromatic rings. The Balaban J connectivity index is 1.58. The molecule has 2 N–H and O–H groups in total. The molecule has 36 heavy (non-hydrogen) atoms. The Morgan fingerprint density at radius 2 is 2.00 bits per heavy atom. The first-order chi connectivity index (χ1) is 17.0. The normalized spacial score (nSPS) is 14.2. The van der Waals surface area contributed by atoms with E-state index >= 15 is 0 Å². The van der Waals surface area contributed by atoms with Gasteiger partial charge in [-0.2, -0.15) is 18.3 Å². The van der Waals surface area contributed by atoms with E-state index in [0.717, 1.165) is 6.07 Å². The number of hydrogen-bond acceptors (Lipinski definition) is 6. The average molecular weight is 518 g/mol. The summed E-state index contributed by atoms with van der Waals surface area (Å²) in [5.41, 5.74) is 6.51. The molecular weight excluding hydrogens is 499 g/mol. The first-order valence-corrected chi connectivity index (χ1v) is 11.3. The molecule has 0 saturated carbocycles. The number of carbonyl (C=O) groups excluding carboxylic acids is 2. The van der Waals surface area contributed by atoms with E-state index in [1.54, 1.807) is 24.0 Å². The van der Waals surface area contributed by atoms with Gasteiger partial charge < -0.3 is 5.73 Å². The average Bonchev–Trinajstić information content (AvgIpc) is 3.42. The number of nitrogens with zero attached hydrogens (tertiary/aromatic N) is 6. The first-order valence-electron chi connectivity index (χ1n) is 10.9. The maximum atomic E-state index is 13.8. The fourth-order valence-electron chi connectivity index (χ4n) is 4.28. The summed E-state index contributed by atoms with van der Waals surface area (Å²) in [4.78, 5) is 34.5. The van der Waals surface area contributed by atoms with Crippen molar-refractivity contribution in [2.24, 2.45) is 7.05 Å². The van der Waals surface area contributed by atoms with Gasteiger partial charge in [-0.1, -0.05) is 11.6 Å². The van der Waals surface area contributed by atoms with E-state index in [4.69, 9.17) is 17.3 Å². The number of hydrazine groups is 1. The lowest BCUT2D eigenvalue weighted by molar-refractivity contribution is -0.140. The number of aromatic nitrogens is 4.